The summed E-state index contributed by atoms with van der Waals surface area (Å²) in [5, 5.41) is 25.8. The van der Waals surface area contributed by atoms with Crippen LogP contribution in [-0.4, -0.2) is 20.4 Å². The van der Waals surface area contributed by atoms with Crippen LogP contribution in [0.15, 0.2) is 6.20 Å². The summed E-state index contributed by atoms with van der Waals surface area (Å²) in [6.07, 6.45) is 1.52. The third kappa shape index (κ3) is 5.24. The molecular weight excluding hydrogens is 374 g/mol. The van der Waals surface area contributed by atoms with E-state index in [9.17, 15) is 5.11 Å². The average Bonchev–Trinajstić information content (AvgIpc) is 2.20. The van der Waals surface area contributed by atoms with Crippen molar-refractivity contribution in [2.24, 2.45) is 5.73 Å². The van der Waals surface area contributed by atoms with Crippen LogP contribution in [0.4, 0.5) is 0 Å². The van der Waals surface area contributed by atoms with E-state index in [1.54, 1.807) is 6.92 Å². The third-order valence-corrected chi connectivity index (χ3v) is 2.72. The van der Waals surface area contributed by atoms with Crippen LogP contribution in [0.25, 0.3) is 0 Å². The number of aromatic hydroxyl groups is 1. The maximum atomic E-state index is 9.72. The highest BCUT2D eigenvalue weighted by atomic mass is 79.9. The molecule has 0 aliphatic rings. The van der Waals surface area contributed by atoms with E-state index in [-0.39, 0.29) is 51.5 Å². The Bertz CT molecular complexity index is 391. The second-order valence-corrected chi connectivity index (χ2v) is 4.02. The molecule has 0 aliphatic heterocycles. The zero-order valence-corrected chi connectivity index (χ0v) is 13.4. The number of nitrogens with zero attached hydrogens (tertiary/aromatic N) is 1. The van der Waals surface area contributed by atoms with Crippen LogP contribution in [-0.2, 0) is 12.4 Å². The van der Waals surface area contributed by atoms with Gasteiger partial charge in [0.05, 0.1) is 12.3 Å². The summed E-state index contributed by atoms with van der Waals surface area (Å²) in [4.78, 5) is 3.93. The van der Waals surface area contributed by atoms with Crippen LogP contribution >= 0.6 is 45.7 Å². The number of aromatic nitrogens is 1. The molecule has 8 heteroatoms. The Balaban J connectivity index is 0. The lowest BCUT2D eigenvalue weighted by molar-refractivity contribution is 0.279. The van der Waals surface area contributed by atoms with Crippen molar-refractivity contribution < 1.29 is 10.2 Å². The molecule has 1 rings (SSSR count). The van der Waals surface area contributed by atoms with Gasteiger partial charge in [0.25, 0.3) is 0 Å². The van der Waals surface area contributed by atoms with Crippen LogP contribution < -0.4 is 5.73 Å². The molecule has 1 heterocycles. The number of aliphatic hydroxyl groups excluding tert-OH is 1. The van der Waals surface area contributed by atoms with E-state index in [1.807, 2.05) is 0 Å². The van der Waals surface area contributed by atoms with Gasteiger partial charge in [0.2, 0.25) is 0 Å². The number of amidine groups is 1. The van der Waals surface area contributed by atoms with E-state index in [1.165, 1.54) is 6.20 Å². The first-order chi connectivity index (χ1) is 7.06. The van der Waals surface area contributed by atoms with Crippen molar-refractivity contribution in [2.45, 2.75) is 19.3 Å². The van der Waals surface area contributed by atoms with Crippen molar-refractivity contribution in [3.63, 3.8) is 0 Å². The number of nitrogens with one attached hydrogen (secondary N) is 1. The van der Waals surface area contributed by atoms with E-state index in [2.05, 4.69) is 4.98 Å². The quantitative estimate of drug-likeness (QED) is 0.467. The second-order valence-electron chi connectivity index (χ2n) is 3.01. The molecule has 0 saturated heterocycles. The summed E-state index contributed by atoms with van der Waals surface area (Å²) in [5.74, 6) is 0.427. The molecule has 0 unspecified atom stereocenters. The maximum absolute atomic E-state index is 9.72. The topological polar surface area (TPSA) is 103 Å². The number of nitrogens with two attached hydrogens (primary N) is 1. The minimum absolute atomic E-state index is 0. The SMILES string of the molecule is Br.Br.Cc1ncc(CO)c(CSC(=N)N)c1O. The number of hydrogen-bond donors (Lipinski definition) is 4. The first-order valence-electron chi connectivity index (χ1n) is 4.30. The van der Waals surface area contributed by atoms with Gasteiger partial charge in [-0.3, -0.25) is 10.4 Å². The zero-order chi connectivity index (χ0) is 11.4. The van der Waals surface area contributed by atoms with Crippen molar-refractivity contribution in [1.29, 1.82) is 5.41 Å². The third-order valence-electron chi connectivity index (χ3n) is 1.97. The fourth-order valence-electron chi connectivity index (χ4n) is 1.13. The predicted octanol–water partition coefficient (Wildman–Crippen LogP) is 1.87. The molecule has 0 fully saturated rings. The largest absolute Gasteiger partial charge is 0.506 e. The molecule has 5 N–H and O–H groups in total. The van der Waals surface area contributed by atoms with Gasteiger partial charge in [-0.1, -0.05) is 11.8 Å². The molecule has 0 saturated carbocycles. The molecule has 0 spiro atoms. The average molecular weight is 389 g/mol. The highest BCUT2D eigenvalue weighted by Gasteiger charge is 2.11. The highest BCUT2D eigenvalue weighted by molar-refractivity contribution is 8.93. The highest BCUT2D eigenvalue weighted by Crippen LogP contribution is 2.27. The monoisotopic (exact) mass is 387 g/mol. The molecule has 0 aromatic carbocycles. The number of pyridine rings is 1. The van der Waals surface area contributed by atoms with Gasteiger partial charge in [0, 0.05) is 23.1 Å². The van der Waals surface area contributed by atoms with Crippen molar-refractivity contribution >= 4 is 50.9 Å². The van der Waals surface area contributed by atoms with Crippen molar-refractivity contribution in [3.8, 4) is 5.75 Å². The smallest absolute Gasteiger partial charge is 0.151 e. The van der Waals surface area contributed by atoms with Crippen LogP contribution in [0.3, 0.4) is 0 Å². The van der Waals surface area contributed by atoms with Gasteiger partial charge >= 0.3 is 0 Å². The minimum Gasteiger partial charge on any atom is -0.506 e. The molecule has 0 bridgehead atoms. The number of thioether (sulfide) groups is 1. The fourth-order valence-corrected chi connectivity index (χ4v) is 1.75. The van der Waals surface area contributed by atoms with Gasteiger partial charge in [0.15, 0.2) is 5.17 Å². The lowest BCUT2D eigenvalue weighted by Gasteiger charge is -2.10. The van der Waals surface area contributed by atoms with Gasteiger partial charge in [-0.2, -0.15) is 0 Å². The molecule has 0 radical (unpaired) electrons. The Kier molecular flexibility index (Phi) is 9.78. The fraction of sp³-hybridized carbons (Fsp3) is 0.333. The van der Waals surface area contributed by atoms with Crippen molar-refractivity contribution in [1.82, 2.24) is 4.98 Å². The summed E-state index contributed by atoms with van der Waals surface area (Å²) in [6.45, 7) is 1.49. The molecule has 1 aromatic heterocycles. The van der Waals surface area contributed by atoms with Gasteiger partial charge in [-0.15, -0.1) is 34.0 Å². The zero-order valence-electron chi connectivity index (χ0n) is 9.14. The molecule has 98 valence electrons. The molecule has 0 amide bonds. The Morgan fingerprint density at radius 2 is 2.12 bits per heavy atom. The summed E-state index contributed by atoms with van der Waals surface area (Å²) in [5.41, 5.74) is 6.86. The lowest BCUT2D eigenvalue weighted by Crippen LogP contribution is -2.05. The summed E-state index contributed by atoms with van der Waals surface area (Å²) in [6, 6.07) is 0. The lowest BCUT2D eigenvalue weighted by atomic mass is 10.1. The van der Waals surface area contributed by atoms with E-state index in [0.29, 0.717) is 22.6 Å². The van der Waals surface area contributed by atoms with Crippen molar-refractivity contribution in [3.05, 3.63) is 23.0 Å². The number of aryl methyl sites for hydroxylation is 1. The van der Waals surface area contributed by atoms with Crippen LogP contribution in [0.5, 0.6) is 5.75 Å². The Labute approximate surface area is 125 Å². The van der Waals surface area contributed by atoms with E-state index in [0.717, 1.165) is 11.8 Å². The van der Waals surface area contributed by atoms with E-state index in [4.69, 9.17) is 16.2 Å². The Morgan fingerprint density at radius 3 is 2.59 bits per heavy atom. The number of aliphatic hydroxyl groups is 1. The summed E-state index contributed by atoms with van der Waals surface area (Å²) >= 11 is 1.10. The van der Waals surface area contributed by atoms with Crippen LogP contribution in [0.1, 0.15) is 16.8 Å². The molecular formula is C9H15Br2N3O2S. The van der Waals surface area contributed by atoms with Gasteiger partial charge in [-0.25, -0.2) is 0 Å². The predicted molar refractivity (Wildman–Crippen MR) is 80.4 cm³/mol. The summed E-state index contributed by atoms with van der Waals surface area (Å²) < 4.78 is 0. The first kappa shape index (κ1) is 19.0. The van der Waals surface area contributed by atoms with Crippen LogP contribution in [0, 0.1) is 12.3 Å². The number of rotatable bonds is 3. The number of halogens is 2. The minimum atomic E-state index is -0.186. The maximum Gasteiger partial charge on any atom is 0.151 e. The Hall–Kier alpha value is -0.310. The van der Waals surface area contributed by atoms with Gasteiger partial charge in [-0.05, 0) is 6.92 Å². The molecule has 17 heavy (non-hydrogen) atoms. The summed E-state index contributed by atoms with van der Waals surface area (Å²) in [7, 11) is 0. The molecule has 0 aliphatic carbocycles. The van der Waals surface area contributed by atoms with E-state index >= 15 is 0 Å². The number of hydrogen-bond acceptors (Lipinski definition) is 5. The standard InChI is InChI=1S/C9H13N3O2S.2BrH/c1-5-8(14)7(4-15-9(10)11)6(3-13)2-12-5;;/h2,13-14H,3-4H2,1H3,(H3,10,11);2*1H. The van der Waals surface area contributed by atoms with Gasteiger partial charge in [0.1, 0.15) is 5.75 Å². The molecule has 1 aromatic rings. The second kappa shape index (κ2) is 8.73. The molecule has 0 atom stereocenters. The van der Waals surface area contributed by atoms with Gasteiger partial charge < -0.3 is 15.9 Å². The molecule has 5 nitrogen and oxygen atoms in total. The normalized spacial score (nSPS) is 9.06. The Morgan fingerprint density at radius 1 is 1.53 bits per heavy atom. The first-order valence-corrected chi connectivity index (χ1v) is 5.28. The van der Waals surface area contributed by atoms with E-state index < -0.39 is 0 Å². The van der Waals surface area contributed by atoms with Crippen LogP contribution in [0.2, 0.25) is 0 Å². The van der Waals surface area contributed by atoms with Crippen molar-refractivity contribution in [2.75, 3.05) is 0 Å².